The van der Waals surface area contributed by atoms with Crippen LogP contribution in [0.3, 0.4) is 0 Å². The molecule has 1 N–H and O–H groups in total. The van der Waals surface area contributed by atoms with E-state index in [4.69, 9.17) is 18.9 Å². The molecule has 0 amide bonds. The molecule has 0 bridgehead atoms. The smallest absolute Gasteiger partial charge is 0.337 e. The lowest BCUT2D eigenvalue weighted by Gasteiger charge is -2.28. The molecule has 0 saturated heterocycles. The molecule has 1 atom stereocenters. The van der Waals surface area contributed by atoms with Gasteiger partial charge in [-0.1, -0.05) is 6.92 Å². The molecule has 162 valence electrons. The Bertz CT molecular complexity index is 742. The van der Waals surface area contributed by atoms with Crippen molar-refractivity contribution in [1.29, 1.82) is 0 Å². The Balaban J connectivity index is 3.17. The van der Waals surface area contributed by atoms with Gasteiger partial charge in [-0.05, 0) is 41.0 Å². The van der Waals surface area contributed by atoms with Crippen molar-refractivity contribution < 1.29 is 38.1 Å². The molecule has 0 aromatic rings. The predicted octanol–water partition coefficient (Wildman–Crippen LogP) is 1.97. The fraction of sp³-hybridized carbons (Fsp3) is 0.600. The van der Waals surface area contributed by atoms with Gasteiger partial charge in [0.25, 0.3) is 0 Å². The average Bonchev–Trinajstić information content (AvgIpc) is 2.63. The molecule has 9 heteroatoms. The molecule has 29 heavy (non-hydrogen) atoms. The molecule has 1 aliphatic rings. The van der Waals surface area contributed by atoms with Gasteiger partial charge in [-0.25, -0.2) is 9.59 Å². The summed E-state index contributed by atoms with van der Waals surface area (Å²) in [6, 6.07) is 0. The second-order valence-electron chi connectivity index (χ2n) is 7.53. The van der Waals surface area contributed by atoms with Gasteiger partial charge in [-0.2, -0.15) is 0 Å². The number of dihydropyridines is 1. The lowest BCUT2D eigenvalue weighted by Crippen LogP contribution is -2.38. The zero-order chi connectivity index (χ0) is 22.4. The highest BCUT2D eigenvalue weighted by Gasteiger charge is 2.42. The van der Waals surface area contributed by atoms with Crippen molar-refractivity contribution in [2.45, 2.75) is 48.0 Å². The number of carbonyl (C=O) groups excluding carboxylic acids is 4. The SMILES string of the molecule is CCCOC(=O)C1=C(C)NC(C)=C(C(=O)OC)C1C(=O)OCOC(=O)C(C)(C)C. The summed E-state index contributed by atoms with van der Waals surface area (Å²) in [6.07, 6.45) is 0.585. The van der Waals surface area contributed by atoms with Crippen LogP contribution in [0.2, 0.25) is 0 Å². The van der Waals surface area contributed by atoms with Gasteiger partial charge in [-0.15, -0.1) is 0 Å². The van der Waals surface area contributed by atoms with Crippen molar-refractivity contribution in [2.24, 2.45) is 11.3 Å². The predicted molar refractivity (Wildman–Crippen MR) is 102 cm³/mol. The lowest BCUT2D eigenvalue weighted by molar-refractivity contribution is -0.175. The fourth-order valence-corrected chi connectivity index (χ4v) is 2.59. The van der Waals surface area contributed by atoms with Gasteiger partial charge >= 0.3 is 23.9 Å². The number of hydrogen-bond acceptors (Lipinski definition) is 9. The molecule has 0 aromatic carbocycles. The maximum Gasteiger partial charge on any atom is 0.337 e. The van der Waals surface area contributed by atoms with Crippen molar-refractivity contribution in [1.82, 2.24) is 5.32 Å². The van der Waals surface area contributed by atoms with Crippen LogP contribution >= 0.6 is 0 Å². The minimum Gasteiger partial charge on any atom is -0.466 e. The largest absolute Gasteiger partial charge is 0.466 e. The number of hydrogen-bond donors (Lipinski definition) is 1. The van der Waals surface area contributed by atoms with Gasteiger partial charge in [0.05, 0.1) is 30.3 Å². The third-order valence-electron chi connectivity index (χ3n) is 4.06. The molecule has 1 heterocycles. The van der Waals surface area contributed by atoms with E-state index in [1.54, 1.807) is 34.6 Å². The molecule has 0 aromatic heterocycles. The Labute approximate surface area is 170 Å². The van der Waals surface area contributed by atoms with Crippen LogP contribution in [0.5, 0.6) is 0 Å². The van der Waals surface area contributed by atoms with Gasteiger partial charge in [0.15, 0.2) is 0 Å². The van der Waals surface area contributed by atoms with Crippen LogP contribution in [0.15, 0.2) is 22.5 Å². The molecule has 1 aliphatic heterocycles. The molecule has 0 radical (unpaired) electrons. The number of carbonyl (C=O) groups is 4. The Kier molecular flexibility index (Phi) is 8.42. The summed E-state index contributed by atoms with van der Waals surface area (Å²) in [5.41, 5.74) is -0.217. The summed E-state index contributed by atoms with van der Waals surface area (Å²) in [5, 5.41) is 2.90. The van der Waals surface area contributed by atoms with E-state index >= 15 is 0 Å². The van der Waals surface area contributed by atoms with Crippen LogP contribution in [0.1, 0.15) is 48.0 Å². The van der Waals surface area contributed by atoms with Crippen LogP contribution in [0, 0.1) is 11.3 Å². The van der Waals surface area contributed by atoms with Crippen molar-refractivity contribution in [3.8, 4) is 0 Å². The molecule has 1 rings (SSSR count). The van der Waals surface area contributed by atoms with Crippen LogP contribution in [0.25, 0.3) is 0 Å². The highest BCUT2D eigenvalue weighted by molar-refractivity contribution is 6.05. The molecule has 9 nitrogen and oxygen atoms in total. The third kappa shape index (κ3) is 6.07. The molecular weight excluding hydrogens is 382 g/mol. The van der Waals surface area contributed by atoms with Gasteiger partial charge in [0.2, 0.25) is 6.79 Å². The first kappa shape index (κ1) is 24.2. The van der Waals surface area contributed by atoms with Gasteiger partial charge in [0, 0.05) is 11.4 Å². The minimum atomic E-state index is -1.37. The molecule has 0 fully saturated rings. The average molecular weight is 411 g/mol. The number of nitrogens with one attached hydrogen (secondary N) is 1. The van der Waals surface area contributed by atoms with E-state index in [9.17, 15) is 19.2 Å². The molecule has 1 unspecified atom stereocenters. The first-order valence-corrected chi connectivity index (χ1v) is 9.23. The van der Waals surface area contributed by atoms with E-state index in [2.05, 4.69) is 5.32 Å². The summed E-state index contributed by atoms with van der Waals surface area (Å²) in [7, 11) is 1.16. The Hall–Kier alpha value is -2.84. The number of allylic oxidation sites excluding steroid dienone is 2. The zero-order valence-electron chi connectivity index (χ0n) is 18.0. The first-order valence-electron chi connectivity index (χ1n) is 9.23. The number of methoxy groups -OCH3 is 1. The van der Waals surface area contributed by atoms with Crippen molar-refractivity contribution in [3.63, 3.8) is 0 Å². The monoisotopic (exact) mass is 411 g/mol. The lowest BCUT2D eigenvalue weighted by atomic mass is 9.85. The summed E-state index contributed by atoms with van der Waals surface area (Å²) >= 11 is 0. The van der Waals surface area contributed by atoms with Gasteiger partial charge in [-0.3, -0.25) is 9.59 Å². The Morgan fingerprint density at radius 3 is 1.97 bits per heavy atom. The van der Waals surface area contributed by atoms with Gasteiger partial charge in [0.1, 0.15) is 5.92 Å². The quantitative estimate of drug-likeness (QED) is 0.381. The zero-order valence-corrected chi connectivity index (χ0v) is 18.0. The van der Waals surface area contributed by atoms with Crippen LogP contribution in [-0.4, -0.2) is 44.4 Å². The maximum atomic E-state index is 12.8. The van der Waals surface area contributed by atoms with E-state index in [0.29, 0.717) is 17.8 Å². The topological polar surface area (TPSA) is 117 Å². The van der Waals surface area contributed by atoms with E-state index in [1.807, 2.05) is 6.92 Å². The van der Waals surface area contributed by atoms with E-state index < -0.39 is 42.0 Å². The standard InChI is InChI=1S/C20H29NO8/c1-8-9-27-17(23)14-12(3)21-11(2)13(16(22)26-7)15(14)18(24)28-10-29-19(25)20(4,5)6/h15,21H,8-10H2,1-7H3. The molecular formula is C20H29NO8. The second-order valence-corrected chi connectivity index (χ2v) is 7.53. The fourth-order valence-electron chi connectivity index (χ4n) is 2.59. The number of ether oxygens (including phenoxy) is 4. The number of rotatable bonds is 7. The minimum absolute atomic E-state index is 0.0587. The summed E-state index contributed by atoms with van der Waals surface area (Å²) in [5.74, 6) is -4.42. The second kappa shape index (κ2) is 10.1. The Morgan fingerprint density at radius 2 is 1.48 bits per heavy atom. The summed E-state index contributed by atoms with van der Waals surface area (Å²) in [4.78, 5) is 49.5. The molecule has 0 saturated carbocycles. The highest BCUT2D eigenvalue weighted by atomic mass is 16.7. The van der Waals surface area contributed by atoms with E-state index in [-0.39, 0.29) is 17.8 Å². The Morgan fingerprint density at radius 1 is 0.931 bits per heavy atom. The molecule has 0 spiro atoms. The first-order chi connectivity index (χ1) is 13.4. The van der Waals surface area contributed by atoms with E-state index in [0.717, 1.165) is 7.11 Å². The maximum absolute atomic E-state index is 12.8. The summed E-state index contributed by atoms with van der Waals surface area (Å²) in [6.45, 7) is 9.44. The van der Waals surface area contributed by atoms with Crippen molar-refractivity contribution in [3.05, 3.63) is 22.5 Å². The normalized spacial score (nSPS) is 16.7. The van der Waals surface area contributed by atoms with Crippen LogP contribution < -0.4 is 5.32 Å². The van der Waals surface area contributed by atoms with E-state index in [1.165, 1.54) is 0 Å². The van der Waals surface area contributed by atoms with Crippen molar-refractivity contribution in [2.75, 3.05) is 20.5 Å². The number of esters is 4. The summed E-state index contributed by atoms with van der Waals surface area (Å²) < 4.78 is 19.9. The highest BCUT2D eigenvalue weighted by Crippen LogP contribution is 2.32. The molecule has 0 aliphatic carbocycles. The van der Waals surface area contributed by atoms with Crippen LogP contribution in [-0.2, 0) is 38.1 Å². The van der Waals surface area contributed by atoms with Gasteiger partial charge < -0.3 is 24.3 Å². The third-order valence-corrected chi connectivity index (χ3v) is 4.06. The van der Waals surface area contributed by atoms with Crippen LogP contribution in [0.4, 0.5) is 0 Å². The van der Waals surface area contributed by atoms with Crippen molar-refractivity contribution >= 4 is 23.9 Å².